The monoisotopic (exact) mass is 320 g/mol. The lowest BCUT2D eigenvalue weighted by molar-refractivity contribution is 0.720. The largest absolute Gasteiger partial charge is 0.359 e. The maximum Gasteiger partial charge on any atom is 0.187 e. The lowest BCUT2D eigenvalue weighted by Gasteiger charge is -2.09. The first-order valence-electron chi connectivity index (χ1n) is 6.63. The number of nitrogens with zero attached hydrogens (tertiary/aromatic N) is 2. The van der Waals surface area contributed by atoms with E-state index in [1.165, 1.54) is 0 Å². The van der Waals surface area contributed by atoms with Gasteiger partial charge in [-0.2, -0.15) is 5.10 Å². The Hall–Kier alpha value is -1.72. The fraction of sp³-hybridized carbons (Fsp3) is 0.267. The highest BCUT2D eigenvalue weighted by atomic mass is 35.5. The molecular weight excluding hydrogens is 304 g/mol. The van der Waals surface area contributed by atoms with Crippen LogP contribution in [0.1, 0.15) is 25.0 Å². The molecule has 0 fully saturated rings. The Morgan fingerprint density at radius 3 is 2.90 bits per heavy atom. The van der Waals surface area contributed by atoms with E-state index in [1.807, 2.05) is 45.0 Å². The Kier molecular flexibility index (Phi) is 5.09. The Balaban J connectivity index is 2.19. The van der Waals surface area contributed by atoms with Gasteiger partial charge in [-0.3, -0.25) is 5.43 Å². The number of aromatic nitrogens is 1. The molecule has 0 spiro atoms. The first-order chi connectivity index (χ1) is 9.97. The van der Waals surface area contributed by atoms with Crippen LogP contribution in [0.25, 0.3) is 10.9 Å². The Morgan fingerprint density at radius 1 is 1.43 bits per heavy atom. The quantitative estimate of drug-likeness (QED) is 0.394. The summed E-state index contributed by atoms with van der Waals surface area (Å²) in [4.78, 5) is 4.42. The standard InChI is InChI=1S/C15H17ClN4S/c1-9(2)18-15(21)20-17-8-12-7-11-6-4-5-10(3)13(11)19-14(12)16/h4-9H,1-3H3,(H2,18,20,21)/b17-8-. The second-order valence-corrected chi connectivity index (χ2v) is 5.78. The summed E-state index contributed by atoms with van der Waals surface area (Å²) in [5, 5.41) is 9.05. The van der Waals surface area contributed by atoms with Gasteiger partial charge in [-0.1, -0.05) is 29.8 Å². The lowest BCUT2D eigenvalue weighted by Crippen LogP contribution is -2.36. The van der Waals surface area contributed by atoms with E-state index in [4.69, 9.17) is 23.8 Å². The van der Waals surface area contributed by atoms with Crippen LogP contribution in [0.4, 0.5) is 0 Å². The molecule has 0 unspecified atom stereocenters. The highest BCUT2D eigenvalue weighted by Gasteiger charge is 2.05. The first kappa shape index (κ1) is 15.7. The second kappa shape index (κ2) is 6.83. The van der Waals surface area contributed by atoms with Gasteiger partial charge in [-0.25, -0.2) is 4.98 Å². The van der Waals surface area contributed by atoms with Crippen molar-refractivity contribution in [1.29, 1.82) is 0 Å². The molecule has 110 valence electrons. The van der Waals surface area contributed by atoms with Crippen molar-refractivity contribution in [3.63, 3.8) is 0 Å². The molecule has 0 radical (unpaired) electrons. The van der Waals surface area contributed by atoms with Gasteiger partial charge in [0.1, 0.15) is 5.15 Å². The Labute approximate surface area is 134 Å². The summed E-state index contributed by atoms with van der Waals surface area (Å²) in [7, 11) is 0. The van der Waals surface area contributed by atoms with Crippen molar-refractivity contribution in [1.82, 2.24) is 15.7 Å². The summed E-state index contributed by atoms with van der Waals surface area (Å²) in [5.74, 6) is 0. The minimum atomic E-state index is 0.258. The maximum atomic E-state index is 6.20. The van der Waals surface area contributed by atoms with Crippen molar-refractivity contribution in [2.75, 3.05) is 0 Å². The van der Waals surface area contributed by atoms with Gasteiger partial charge in [0.05, 0.1) is 11.7 Å². The van der Waals surface area contributed by atoms with Crippen LogP contribution >= 0.6 is 23.8 Å². The van der Waals surface area contributed by atoms with Crippen LogP contribution in [-0.2, 0) is 0 Å². The number of halogens is 1. The van der Waals surface area contributed by atoms with Crippen LogP contribution in [0.2, 0.25) is 5.15 Å². The number of thiocarbonyl (C=S) groups is 1. The number of pyridine rings is 1. The van der Waals surface area contributed by atoms with E-state index in [-0.39, 0.29) is 6.04 Å². The van der Waals surface area contributed by atoms with E-state index < -0.39 is 0 Å². The van der Waals surface area contributed by atoms with Gasteiger partial charge in [0.15, 0.2) is 5.11 Å². The number of rotatable bonds is 3. The summed E-state index contributed by atoms with van der Waals surface area (Å²) in [6.07, 6.45) is 1.62. The van der Waals surface area contributed by atoms with Crippen molar-refractivity contribution in [2.45, 2.75) is 26.8 Å². The van der Waals surface area contributed by atoms with E-state index >= 15 is 0 Å². The summed E-state index contributed by atoms with van der Waals surface area (Å²) in [6, 6.07) is 8.22. The number of fused-ring (bicyclic) bond motifs is 1. The molecule has 2 N–H and O–H groups in total. The third kappa shape index (κ3) is 4.12. The zero-order valence-electron chi connectivity index (χ0n) is 12.1. The molecule has 21 heavy (non-hydrogen) atoms. The van der Waals surface area contributed by atoms with Crippen molar-refractivity contribution < 1.29 is 0 Å². The molecule has 2 rings (SSSR count). The molecule has 1 aromatic heterocycles. The highest BCUT2D eigenvalue weighted by molar-refractivity contribution is 7.80. The molecule has 4 nitrogen and oxygen atoms in total. The molecule has 0 bridgehead atoms. The van der Waals surface area contributed by atoms with Crippen LogP contribution in [0.3, 0.4) is 0 Å². The average molecular weight is 321 g/mol. The Morgan fingerprint density at radius 2 is 2.19 bits per heavy atom. The summed E-state index contributed by atoms with van der Waals surface area (Å²) >= 11 is 11.3. The topological polar surface area (TPSA) is 49.3 Å². The number of hydrogen-bond acceptors (Lipinski definition) is 3. The number of benzene rings is 1. The minimum Gasteiger partial charge on any atom is -0.359 e. The molecule has 0 aliphatic rings. The van der Waals surface area contributed by atoms with Gasteiger partial charge in [0.25, 0.3) is 0 Å². The summed E-state index contributed by atoms with van der Waals surface area (Å²) < 4.78 is 0. The van der Waals surface area contributed by atoms with Crippen LogP contribution in [0, 0.1) is 6.92 Å². The van der Waals surface area contributed by atoms with Gasteiger partial charge in [-0.15, -0.1) is 0 Å². The molecule has 2 aromatic rings. The molecule has 0 aliphatic carbocycles. The molecule has 0 aliphatic heterocycles. The minimum absolute atomic E-state index is 0.258. The van der Waals surface area contributed by atoms with E-state index in [2.05, 4.69) is 20.8 Å². The summed E-state index contributed by atoms with van der Waals surface area (Å²) in [5.41, 5.74) is 5.50. The van der Waals surface area contributed by atoms with Gasteiger partial charge in [-0.05, 0) is 44.6 Å². The van der Waals surface area contributed by atoms with Crippen molar-refractivity contribution in [2.24, 2.45) is 5.10 Å². The smallest absolute Gasteiger partial charge is 0.187 e. The number of hydrazone groups is 1. The number of nitrogens with one attached hydrogen (secondary N) is 2. The zero-order valence-corrected chi connectivity index (χ0v) is 13.7. The normalized spacial score (nSPS) is 11.3. The molecular formula is C15H17ClN4S. The molecule has 6 heteroatoms. The van der Waals surface area contributed by atoms with Crippen LogP contribution < -0.4 is 10.7 Å². The molecule has 0 amide bonds. The zero-order chi connectivity index (χ0) is 15.4. The Bertz CT molecular complexity index is 697. The van der Waals surface area contributed by atoms with Gasteiger partial charge < -0.3 is 5.32 Å². The van der Waals surface area contributed by atoms with E-state index in [1.54, 1.807) is 6.21 Å². The highest BCUT2D eigenvalue weighted by Crippen LogP contribution is 2.21. The average Bonchev–Trinajstić information content (AvgIpc) is 2.40. The predicted octanol–water partition coefficient (Wildman–Crippen LogP) is 3.40. The molecule has 0 saturated carbocycles. The van der Waals surface area contributed by atoms with E-state index in [9.17, 15) is 0 Å². The number of para-hydroxylation sites is 1. The van der Waals surface area contributed by atoms with Crippen LogP contribution in [-0.4, -0.2) is 22.4 Å². The van der Waals surface area contributed by atoms with Crippen molar-refractivity contribution >= 4 is 46.0 Å². The number of hydrogen-bond donors (Lipinski definition) is 2. The molecule has 0 saturated heterocycles. The summed E-state index contributed by atoms with van der Waals surface area (Å²) in [6.45, 7) is 6.02. The fourth-order valence-corrected chi connectivity index (χ4v) is 2.36. The van der Waals surface area contributed by atoms with Crippen LogP contribution in [0.5, 0.6) is 0 Å². The van der Waals surface area contributed by atoms with E-state index in [0.717, 1.165) is 22.0 Å². The maximum absolute atomic E-state index is 6.20. The SMILES string of the molecule is Cc1cccc2cc(/C=N\NC(=S)NC(C)C)c(Cl)nc12. The van der Waals surface area contributed by atoms with Gasteiger partial charge in [0, 0.05) is 17.0 Å². The molecule has 1 aromatic carbocycles. The molecule has 0 atom stereocenters. The third-order valence-corrected chi connectivity index (χ3v) is 3.33. The predicted molar refractivity (Wildman–Crippen MR) is 93.1 cm³/mol. The third-order valence-electron chi connectivity index (χ3n) is 2.82. The van der Waals surface area contributed by atoms with Crippen molar-refractivity contribution in [3.8, 4) is 0 Å². The van der Waals surface area contributed by atoms with Crippen molar-refractivity contribution in [3.05, 3.63) is 40.5 Å². The second-order valence-electron chi connectivity index (χ2n) is 5.01. The first-order valence-corrected chi connectivity index (χ1v) is 7.41. The lowest BCUT2D eigenvalue weighted by atomic mass is 10.1. The van der Waals surface area contributed by atoms with Gasteiger partial charge in [0.2, 0.25) is 0 Å². The fourth-order valence-electron chi connectivity index (χ4n) is 1.89. The van der Waals surface area contributed by atoms with Gasteiger partial charge >= 0.3 is 0 Å². The molecule has 1 heterocycles. The van der Waals surface area contributed by atoms with E-state index in [0.29, 0.717) is 10.3 Å². The van der Waals surface area contributed by atoms with Crippen LogP contribution in [0.15, 0.2) is 29.4 Å². The number of aryl methyl sites for hydroxylation is 1.